The number of halogens is 2. The number of carbonyl (C=O) groups excluding carboxylic acids is 1. The lowest BCUT2D eigenvalue weighted by Crippen LogP contribution is -2.38. The van der Waals surface area contributed by atoms with Crippen molar-refractivity contribution in [2.75, 3.05) is 6.54 Å². The fourth-order valence-corrected chi connectivity index (χ4v) is 2.60. The number of rotatable bonds is 7. The maximum absolute atomic E-state index is 12.2. The Balaban J connectivity index is 0.00000225. The van der Waals surface area contributed by atoms with E-state index in [-0.39, 0.29) is 24.4 Å². The predicted octanol–water partition coefficient (Wildman–Crippen LogP) is 3.81. The van der Waals surface area contributed by atoms with Gasteiger partial charge in [0.1, 0.15) is 12.4 Å². The lowest BCUT2D eigenvalue weighted by atomic mass is 10.1. The second-order valence-corrected chi connectivity index (χ2v) is 6.59. The van der Waals surface area contributed by atoms with Crippen molar-refractivity contribution in [3.63, 3.8) is 0 Å². The lowest BCUT2D eigenvalue weighted by molar-refractivity contribution is 0.0950. The van der Waals surface area contributed by atoms with Gasteiger partial charge in [-0.2, -0.15) is 0 Å². The van der Waals surface area contributed by atoms with Crippen molar-refractivity contribution in [3.8, 4) is 5.75 Å². The molecule has 25 heavy (non-hydrogen) atoms. The highest BCUT2D eigenvalue weighted by Crippen LogP contribution is 2.31. The van der Waals surface area contributed by atoms with E-state index in [1.54, 1.807) is 12.1 Å². The van der Waals surface area contributed by atoms with Crippen LogP contribution in [0.25, 0.3) is 0 Å². The number of hydrogen-bond acceptors (Lipinski definition) is 3. The second-order valence-electron chi connectivity index (χ2n) is 6.15. The Morgan fingerprint density at radius 2 is 1.96 bits per heavy atom. The van der Waals surface area contributed by atoms with Gasteiger partial charge in [0.15, 0.2) is 0 Å². The molecular weight excluding hydrogens is 359 g/mol. The van der Waals surface area contributed by atoms with E-state index < -0.39 is 0 Å². The molecule has 2 aromatic carbocycles. The summed E-state index contributed by atoms with van der Waals surface area (Å²) < 4.78 is 5.75. The first-order valence-corrected chi connectivity index (χ1v) is 8.51. The summed E-state index contributed by atoms with van der Waals surface area (Å²) in [4.78, 5) is 12.2. The van der Waals surface area contributed by atoms with Gasteiger partial charge in [-0.25, -0.2) is 0 Å². The van der Waals surface area contributed by atoms with E-state index in [1.165, 1.54) is 12.8 Å². The van der Waals surface area contributed by atoms with Crippen molar-refractivity contribution in [2.45, 2.75) is 25.5 Å². The van der Waals surface area contributed by atoms with Crippen LogP contribution in [0.5, 0.6) is 5.75 Å². The van der Waals surface area contributed by atoms with Crippen molar-refractivity contribution in [3.05, 3.63) is 64.7 Å². The van der Waals surface area contributed by atoms with Crippen LogP contribution in [0.3, 0.4) is 0 Å². The molecule has 0 aliphatic heterocycles. The molecule has 1 fully saturated rings. The molecule has 0 bridgehead atoms. The van der Waals surface area contributed by atoms with Crippen LogP contribution in [0, 0.1) is 5.92 Å². The van der Waals surface area contributed by atoms with Gasteiger partial charge in [0.25, 0.3) is 5.91 Å². The molecule has 0 radical (unpaired) electrons. The molecule has 4 nitrogen and oxygen atoms in total. The highest BCUT2D eigenvalue weighted by Gasteiger charge is 2.28. The number of carbonyl (C=O) groups is 1. The zero-order chi connectivity index (χ0) is 16.9. The molecule has 1 saturated carbocycles. The largest absolute Gasteiger partial charge is 0.489 e. The van der Waals surface area contributed by atoms with E-state index in [9.17, 15) is 4.79 Å². The Hall–Kier alpha value is -1.75. The molecular formula is C19H22Cl2N2O2. The summed E-state index contributed by atoms with van der Waals surface area (Å²) in [5, 5.41) is 3.59. The fraction of sp³-hybridized carbons (Fsp3) is 0.316. The van der Waals surface area contributed by atoms with Crippen LogP contribution >= 0.6 is 24.0 Å². The van der Waals surface area contributed by atoms with E-state index in [2.05, 4.69) is 5.32 Å². The molecule has 1 aliphatic carbocycles. The SMILES string of the molecule is Cl.NC(CNC(=O)c1cccc(OCc2ccc(Cl)cc2)c1)C1CC1. The molecule has 1 amide bonds. The van der Waals surface area contributed by atoms with E-state index >= 15 is 0 Å². The molecule has 2 aromatic rings. The molecule has 0 aromatic heterocycles. The van der Waals surface area contributed by atoms with Crippen LogP contribution in [-0.2, 0) is 6.61 Å². The van der Waals surface area contributed by atoms with E-state index in [0.717, 1.165) is 5.56 Å². The van der Waals surface area contributed by atoms with Crippen LogP contribution in [0.15, 0.2) is 48.5 Å². The summed E-state index contributed by atoms with van der Waals surface area (Å²) in [7, 11) is 0. The van der Waals surface area contributed by atoms with Crippen LogP contribution in [0.4, 0.5) is 0 Å². The zero-order valence-corrected chi connectivity index (χ0v) is 15.4. The van der Waals surface area contributed by atoms with Gasteiger partial charge in [0.05, 0.1) is 0 Å². The summed E-state index contributed by atoms with van der Waals surface area (Å²) >= 11 is 5.87. The summed E-state index contributed by atoms with van der Waals surface area (Å²) in [6.45, 7) is 0.939. The van der Waals surface area contributed by atoms with Crippen molar-refractivity contribution in [1.29, 1.82) is 0 Å². The molecule has 1 unspecified atom stereocenters. The molecule has 3 N–H and O–H groups in total. The molecule has 0 heterocycles. The monoisotopic (exact) mass is 380 g/mol. The van der Waals surface area contributed by atoms with Crippen molar-refractivity contribution < 1.29 is 9.53 Å². The first kappa shape index (κ1) is 19.6. The molecule has 6 heteroatoms. The van der Waals surface area contributed by atoms with Gasteiger partial charge in [0, 0.05) is 23.2 Å². The number of hydrogen-bond donors (Lipinski definition) is 2. The highest BCUT2D eigenvalue weighted by atomic mass is 35.5. The lowest BCUT2D eigenvalue weighted by Gasteiger charge is -2.12. The van der Waals surface area contributed by atoms with E-state index in [1.807, 2.05) is 36.4 Å². The minimum Gasteiger partial charge on any atom is -0.489 e. The number of ether oxygens (including phenoxy) is 1. The van der Waals surface area contributed by atoms with Gasteiger partial charge in [-0.3, -0.25) is 4.79 Å². The van der Waals surface area contributed by atoms with Gasteiger partial charge < -0.3 is 15.8 Å². The number of nitrogens with two attached hydrogens (primary N) is 1. The zero-order valence-electron chi connectivity index (χ0n) is 13.8. The minimum absolute atomic E-state index is 0. The first-order valence-electron chi connectivity index (χ1n) is 8.13. The predicted molar refractivity (Wildman–Crippen MR) is 103 cm³/mol. The quantitative estimate of drug-likeness (QED) is 0.767. The Kier molecular flexibility index (Phi) is 7.12. The van der Waals surface area contributed by atoms with Crippen molar-refractivity contribution in [2.24, 2.45) is 11.7 Å². The Bertz CT molecular complexity index is 703. The third kappa shape index (κ3) is 5.92. The smallest absolute Gasteiger partial charge is 0.251 e. The van der Waals surface area contributed by atoms with Crippen LogP contribution < -0.4 is 15.8 Å². The van der Waals surface area contributed by atoms with Gasteiger partial charge in [-0.05, 0) is 54.7 Å². The topological polar surface area (TPSA) is 64.3 Å². The average Bonchev–Trinajstić information content (AvgIpc) is 3.44. The van der Waals surface area contributed by atoms with E-state index in [4.69, 9.17) is 22.1 Å². The molecule has 0 spiro atoms. The second kappa shape index (κ2) is 9.09. The third-order valence-electron chi connectivity index (χ3n) is 4.14. The Labute approximate surface area is 159 Å². The maximum atomic E-state index is 12.2. The standard InChI is InChI=1S/C19H21ClN2O2.ClH/c20-16-8-4-13(5-9-16)12-24-17-3-1-2-15(10-17)19(23)22-11-18(21)14-6-7-14;/h1-5,8-10,14,18H,6-7,11-12,21H2,(H,22,23);1H. The molecule has 1 aliphatic rings. The van der Waals surface area contributed by atoms with Gasteiger partial charge in [0.2, 0.25) is 0 Å². The van der Waals surface area contributed by atoms with Gasteiger partial charge in [-0.1, -0.05) is 29.8 Å². The summed E-state index contributed by atoms with van der Waals surface area (Å²) in [5.41, 5.74) is 7.60. The van der Waals surface area contributed by atoms with Crippen molar-refractivity contribution in [1.82, 2.24) is 5.32 Å². The Morgan fingerprint density at radius 3 is 2.64 bits per heavy atom. The first-order chi connectivity index (χ1) is 11.6. The number of nitrogens with one attached hydrogen (secondary N) is 1. The Morgan fingerprint density at radius 1 is 1.24 bits per heavy atom. The summed E-state index contributed by atoms with van der Waals surface area (Å²) in [6.07, 6.45) is 2.34. The van der Waals surface area contributed by atoms with Crippen molar-refractivity contribution >= 4 is 29.9 Å². The maximum Gasteiger partial charge on any atom is 0.251 e. The van der Waals surface area contributed by atoms with Gasteiger partial charge in [-0.15, -0.1) is 12.4 Å². The van der Waals surface area contributed by atoms with Crippen LogP contribution in [0.2, 0.25) is 5.02 Å². The summed E-state index contributed by atoms with van der Waals surface area (Å²) in [6, 6.07) is 14.7. The van der Waals surface area contributed by atoms with Crippen LogP contribution in [-0.4, -0.2) is 18.5 Å². The van der Waals surface area contributed by atoms with Crippen LogP contribution in [0.1, 0.15) is 28.8 Å². The minimum atomic E-state index is -0.122. The number of benzene rings is 2. The normalized spacial score (nSPS) is 14.3. The average molecular weight is 381 g/mol. The molecule has 134 valence electrons. The molecule has 3 rings (SSSR count). The molecule has 0 saturated heterocycles. The third-order valence-corrected chi connectivity index (χ3v) is 4.39. The fourth-order valence-electron chi connectivity index (χ4n) is 2.48. The highest BCUT2D eigenvalue weighted by molar-refractivity contribution is 6.30. The van der Waals surface area contributed by atoms with E-state index in [0.29, 0.717) is 35.4 Å². The molecule has 1 atom stereocenters. The number of amides is 1. The van der Waals surface area contributed by atoms with Gasteiger partial charge >= 0.3 is 0 Å². The summed E-state index contributed by atoms with van der Waals surface area (Å²) in [5.74, 6) is 1.10.